The fourth-order valence-corrected chi connectivity index (χ4v) is 2.69. The summed E-state index contributed by atoms with van der Waals surface area (Å²) in [7, 11) is 0. The van der Waals surface area contributed by atoms with Gasteiger partial charge in [0.05, 0.1) is 17.4 Å². The van der Waals surface area contributed by atoms with Crippen LogP contribution in [0.3, 0.4) is 0 Å². The number of carbonyl (C=O) groups excluding carboxylic acids is 1. The number of nitrogens with one attached hydrogen (secondary N) is 2. The Labute approximate surface area is 139 Å². The molecule has 0 spiro atoms. The monoisotopic (exact) mass is 339 g/mol. The molecule has 0 bridgehead atoms. The maximum Gasteiger partial charge on any atom is 0.278 e. The number of para-hydroxylation sites is 1. The van der Waals surface area contributed by atoms with Gasteiger partial charge in [-0.05, 0) is 45.0 Å². The Bertz CT molecular complexity index is 684. The molecule has 124 valence electrons. The molecule has 2 N–H and O–H groups in total. The van der Waals surface area contributed by atoms with Crippen molar-refractivity contribution in [1.29, 1.82) is 0 Å². The number of aromatic nitrogens is 3. The van der Waals surface area contributed by atoms with Gasteiger partial charge in [-0.25, -0.2) is 9.07 Å². The van der Waals surface area contributed by atoms with Crippen molar-refractivity contribution in [2.45, 2.75) is 25.8 Å². The number of amides is 1. The molecule has 0 atom stereocenters. The van der Waals surface area contributed by atoms with Crippen molar-refractivity contribution >= 4 is 24.0 Å². The third-order valence-electron chi connectivity index (χ3n) is 3.92. The number of halogens is 2. The van der Waals surface area contributed by atoms with Crippen molar-refractivity contribution in [3.05, 3.63) is 41.5 Å². The highest BCUT2D eigenvalue weighted by Crippen LogP contribution is 2.21. The van der Waals surface area contributed by atoms with Gasteiger partial charge in [-0.1, -0.05) is 17.3 Å². The van der Waals surface area contributed by atoms with Crippen molar-refractivity contribution < 1.29 is 9.18 Å². The predicted molar refractivity (Wildman–Crippen MR) is 87.5 cm³/mol. The molecule has 0 unspecified atom stereocenters. The summed E-state index contributed by atoms with van der Waals surface area (Å²) in [5.74, 6) is -0.915. The highest BCUT2D eigenvalue weighted by molar-refractivity contribution is 6.03. The summed E-state index contributed by atoms with van der Waals surface area (Å²) < 4.78 is 15.4. The summed E-state index contributed by atoms with van der Waals surface area (Å²) in [5.41, 5.74) is 1.09. The first-order valence-electron chi connectivity index (χ1n) is 7.35. The summed E-state index contributed by atoms with van der Waals surface area (Å²) >= 11 is 0. The van der Waals surface area contributed by atoms with Crippen LogP contribution < -0.4 is 10.6 Å². The van der Waals surface area contributed by atoms with E-state index in [4.69, 9.17) is 0 Å². The van der Waals surface area contributed by atoms with Gasteiger partial charge in [0.15, 0.2) is 5.69 Å². The van der Waals surface area contributed by atoms with Gasteiger partial charge in [0.25, 0.3) is 5.91 Å². The van der Waals surface area contributed by atoms with Crippen LogP contribution in [0, 0.1) is 12.7 Å². The van der Waals surface area contributed by atoms with E-state index in [9.17, 15) is 9.18 Å². The Hall–Kier alpha value is -1.99. The lowest BCUT2D eigenvalue weighted by Gasteiger charge is -2.23. The predicted octanol–water partition coefficient (Wildman–Crippen LogP) is 2.32. The van der Waals surface area contributed by atoms with Crippen LogP contribution >= 0.6 is 12.4 Å². The SMILES string of the molecule is Cc1c(C(=O)Nc2ccccc2F)nnn1C1CCNCC1.Cl. The lowest BCUT2D eigenvalue weighted by molar-refractivity contribution is 0.102. The quantitative estimate of drug-likeness (QED) is 0.900. The third-order valence-corrected chi connectivity index (χ3v) is 3.92. The van der Waals surface area contributed by atoms with Crippen molar-refractivity contribution in [2.75, 3.05) is 18.4 Å². The number of piperidine rings is 1. The minimum absolute atomic E-state index is 0. The van der Waals surface area contributed by atoms with Gasteiger partial charge in [-0.3, -0.25) is 4.79 Å². The molecule has 0 radical (unpaired) electrons. The van der Waals surface area contributed by atoms with Gasteiger partial charge in [0, 0.05) is 0 Å². The van der Waals surface area contributed by atoms with E-state index in [-0.39, 0.29) is 29.8 Å². The van der Waals surface area contributed by atoms with Gasteiger partial charge in [-0.15, -0.1) is 17.5 Å². The fraction of sp³-hybridized carbons (Fsp3) is 0.400. The molecule has 2 heterocycles. The molecule has 2 aromatic rings. The average molecular weight is 340 g/mol. The van der Waals surface area contributed by atoms with Crippen LogP contribution in [0.5, 0.6) is 0 Å². The Balaban J connectivity index is 0.00000192. The van der Waals surface area contributed by atoms with Crippen LogP contribution in [0.4, 0.5) is 10.1 Å². The average Bonchev–Trinajstić information content (AvgIpc) is 2.92. The van der Waals surface area contributed by atoms with Gasteiger partial charge in [0.1, 0.15) is 5.82 Å². The van der Waals surface area contributed by atoms with E-state index < -0.39 is 11.7 Å². The minimum Gasteiger partial charge on any atom is -0.318 e. The topological polar surface area (TPSA) is 71.8 Å². The van der Waals surface area contributed by atoms with E-state index in [1.165, 1.54) is 12.1 Å². The molecule has 1 amide bonds. The number of nitrogens with zero attached hydrogens (tertiary/aromatic N) is 3. The van der Waals surface area contributed by atoms with E-state index in [0.29, 0.717) is 5.69 Å². The third kappa shape index (κ3) is 3.68. The van der Waals surface area contributed by atoms with Crippen LogP contribution in [0.2, 0.25) is 0 Å². The van der Waals surface area contributed by atoms with E-state index in [1.54, 1.807) is 16.8 Å². The number of hydrogen-bond donors (Lipinski definition) is 2. The zero-order valence-corrected chi connectivity index (χ0v) is 13.6. The van der Waals surface area contributed by atoms with Crippen LogP contribution in [0.25, 0.3) is 0 Å². The first-order chi connectivity index (χ1) is 10.7. The first kappa shape index (κ1) is 17.4. The summed E-state index contributed by atoms with van der Waals surface area (Å²) in [4.78, 5) is 12.3. The van der Waals surface area contributed by atoms with Crippen molar-refractivity contribution in [3.8, 4) is 0 Å². The number of anilines is 1. The van der Waals surface area contributed by atoms with E-state index in [0.717, 1.165) is 25.9 Å². The van der Waals surface area contributed by atoms with Crippen molar-refractivity contribution in [2.24, 2.45) is 0 Å². The molecule has 1 saturated heterocycles. The summed E-state index contributed by atoms with van der Waals surface area (Å²) in [5, 5.41) is 13.9. The second kappa shape index (κ2) is 7.52. The second-order valence-corrected chi connectivity index (χ2v) is 5.38. The molecule has 1 aliphatic rings. The Morgan fingerprint density at radius 2 is 2.04 bits per heavy atom. The number of carbonyl (C=O) groups is 1. The molecule has 1 fully saturated rings. The molecule has 0 saturated carbocycles. The highest BCUT2D eigenvalue weighted by atomic mass is 35.5. The second-order valence-electron chi connectivity index (χ2n) is 5.38. The minimum atomic E-state index is -0.473. The number of hydrogen-bond acceptors (Lipinski definition) is 4. The molecule has 1 aliphatic heterocycles. The number of rotatable bonds is 3. The smallest absolute Gasteiger partial charge is 0.278 e. The van der Waals surface area contributed by atoms with Gasteiger partial charge in [0.2, 0.25) is 0 Å². The lowest BCUT2D eigenvalue weighted by Crippen LogP contribution is -2.30. The molecule has 3 rings (SSSR count). The maximum absolute atomic E-state index is 13.6. The molecular weight excluding hydrogens is 321 g/mol. The summed E-state index contributed by atoms with van der Waals surface area (Å²) in [6.45, 7) is 3.68. The largest absolute Gasteiger partial charge is 0.318 e. The zero-order chi connectivity index (χ0) is 15.5. The molecule has 8 heteroatoms. The van der Waals surface area contributed by atoms with Crippen molar-refractivity contribution in [1.82, 2.24) is 20.3 Å². The highest BCUT2D eigenvalue weighted by Gasteiger charge is 2.23. The van der Waals surface area contributed by atoms with E-state index in [1.807, 2.05) is 6.92 Å². The Morgan fingerprint density at radius 1 is 1.35 bits per heavy atom. The van der Waals surface area contributed by atoms with Gasteiger partial charge in [-0.2, -0.15) is 0 Å². The molecule has 23 heavy (non-hydrogen) atoms. The normalized spacial score (nSPS) is 15.0. The van der Waals surface area contributed by atoms with Gasteiger partial charge < -0.3 is 10.6 Å². The van der Waals surface area contributed by atoms with E-state index >= 15 is 0 Å². The van der Waals surface area contributed by atoms with Gasteiger partial charge >= 0.3 is 0 Å². The first-order valence-corrected chi connectivity index (χ1v) is 7.35. The molecule has 0 aliphatic carbocycles. The molecule has 1 aromatic heterocycles. The summed E-state index contributed by atoms with van der Waals surface area (Å²) in [6.07, 6.45) is 1.91. The maximum atomic E-state index is 13.6. The zero-order valence-electron chi connectivity index (χ0n) is 12.8. The van der Waals surface area contributed by atoms with E-state index in [2.05, 4.69) is 20.9 Å². The van der Waals surface area contributed by atoms with Crippen LogP contribution in [-0.4, -0.2) is 34.0 Å². The molecular formula is C15H19ClFN5O. The fourth-order valence-electron chi connectivity index (χ4n) is 2.69. The van der Waals surface area contributed by atoms with Crippen LogP contribution in [-0.2, 0) is 0 Å². The lowest BCUT2D eigenvalue weighted by atomic mass is 10.1. The van der Waals surface area contributed by atoms with Crippen LogP contribution in [0.15, 0.2) is 24.3 Å². The number of benzene rings is 1. The molecule has 6 nitrogen and oxygen atoms in total. The van der Waals surface area contributed by atoms with Crippen LogP contribution in [0.1, 0.15) is 35.1 Å². The molecule has 1 aromatic carbocycles. The Morgan fingerprint density at radius 3 is 2.74 bits per heavy atom. The van der Waals surface area contributed by atoms with Crippen molar-refractivity contribution in [3.63, 3.8) is 0 Å². The summed E-state index contributed by atoms with van der Waals surface area (Å²) in [6, 6.07) is 6.30. The Kier molecular flexibility index (Phi) is 5.68. The standard InChI is InChI=1S/C15H18FN5O.ClH/c1-10-14(15(22)18-13-5-3-2-4-12(13)16)19-20-21(10)11-6-8-17-9-7-11;/h2-5,11,17H,6-9H2,1H3,(H,18,22);1H.